The highest BCUT2D eigenvalue weighted by atomic mass is 32.2. The van der Waals surface area contributed by atoms with Crippen LogP contribution in [-0.4, -0.2) is 44.9 Å². The highest BCUT2D eigenvalue weighted by Gasteiger charge is 2.20. The quantitative estimate of drug-likeness (QED) is 0.700. The first-order valence-corrected chi connectivity index (χ1v) is 7.43. The molecule has 1 amide bonds. The summed E-state index contributed by atoms with van der Waals surface area (Å²) in [4.78, 5) is 11.8. The maximum Gasteiger partial charge on any atom is 0.241 e. The molecule has 0 spiro atoms. The fraction of sp³-hybridized carbons (Fsp3) is 0.667. The molecule has 1 aromatic rings. The minimum atomic E-state index is -0.900. The summed E-state index contributed by atoms with van der Waals surface area (Å²) in [6.07, 6.45) is 1.91. The number of nitrogen functional groups attached to an aromatic ring is 1. The topological polar surface area (TPSA) is 93.2 Å². The van der Waals surface area contributed by atoms with E-state index >= 15 is 0 Å². The van der Waals surface area contributed by atoms with E-state index in [1.165, 1.54) is 11.8 Å². The minimum Gasteiger partial charge on any atom is -0.396 e. The predicted octanol–water partition coefficient (Wildman–Crippen LogP) is 0.312. The van der Waals surface area contributed by atoms with Crippen LogP contribution >= 0.6 is 11.8 Å². The monoisotopic (exact) mass is 286 g/mol. The van der Waals surface area contributed by atoms with Gasteiger partial charge in [-0.05, 0) is 27.0 Å². The first kappa shape index (κ1) is 15.8. The number of aliphatic hydroxyl groups is 1. The lowest BCUT2D eigenvalue weighted by Gasteiger charge is -2.22. The molecule has 7 heteroatoms. The number of nitrogens with two attached hydrogens (primary N) is 1. The molecule has 0 saturated carbocycles. The lowest BCUT2D eigenvalue weighted by molar-refractivity contribution is -0.122. The Kier molecular flexibility index (Phi) is 5.25. The van der Waals surface area contributed by atoms with Crippen molar-refractivity contribution >= 4 is 23.4 Å². The number of hydrogen-bond acceptors (Lipinski definition) is 5. The van der Waals surface area contributed by atoms with Gasteiger partial charge in [-0.2, -0.15) is 16.9 Å². The van der Waals surface area contributed by atoms with Crippen molar-refractivity contribution in [2.75, 3.05) is 24.3 Å². The summed E-state index contributed by atoms with van der Waals surface area (Å²) in [7, 11) is 0. The number of carbonyl (C=O) groups excluding carboxylic acids is 1. The number of carbonyl (C=O) groups is 1. The second-order valence-corrected chi connectivity index (χ2v) is 5.81. The van der Waals surface area contributed by atoms with Crippen LogP contribution in [0, 0.1) is 13.8 Å². The van der Waals surface area contributed by atoms with Gasteiger partial charge in [0, 0.05) is 12.3 Å². The fourth-order valence-electron chi connectivity index (χ4n) is 1.71. The van der Waals surface area contributed by atoms with Crippen LogP contribution in [0.5, 0.6) is 0 Å². The van der Waals surface area contributed by atoms with Crippen LogP contribution in [0.15, 0.2) is 0 Å². The van der Waals surface area contributed by atoms with Crippen molar-refractivity contribution in [2.24, 2.45) is 0 Å². The molecular weight excluding hydrogens is 264 g/mol. The molecule has 0 bridgehead atoms. The molecule has 1 aromatic heterocycles. The van der Waals surface area contributed by atoms with Crippen molar-refractivity contribution in [3.05, 3.63) is 11.4 Å². The van der Waals surface area contributed by atoms with Gasteiger partial charge in [-0.3, -0.25) is 9.48 Å². The normalized spacial score (nSPS) is 14.2. The van der Waals surface area contributed by atoms with Crippen LogP contribution in [0.25, 0.3) is 0 Å². The average Bonchev–Trinajstić information content (AvgIpc) is 2.55. The van der Waals surface area contributed by atoms with Crippen molar-refractivity contribution in [2.45, 2.75) is 32.9 Å². The van der Waals surface area contributed by atoms with Crippen molar-refractivity contribution in [3.63, 3.8) is 0 Å². The van der Waals surface area contributed by atoms with E-state index in [0.29, 0.717) is 11.4 Å². The highest BCUT2D eigenvalue weighted by molar-refractivity contribution is 7.98. The number of aromatic nitrogens is 2. The molecule has 1 rings (SSSR count). The van der Waals surface area contributed by atoms with Gasteiger partial charge in [0.15, 0.2) is 0 Å². The number of rotatable bonds is 6. The van der Waals surface area contributed by atoms with E-state index in [2.05, 4.69) is 10.4 Å². The number of amides is 1. The number of nitrogens with one attached hydrogen (secondary N) is 1. The zero-order chi connectivity index (χ0) is 14.6. The summed E-state index contributed by atoms with van der Waals surface area (Å²) in [5.41, 5.74) is 7.02. The second kappa shape index (κ2) is 6.29. The Labute approximate surface area is 117 Å². The van der Waals surface area contributed by atoms with E-state index in [1.54, 1.807) is 18.5 Å². The van der Waals surface area contributed by atoms with Gasteiger partial charge >= 0.3 is 0 Å². The Morgan fingerprint density at radius 3 is 2.68 bits per heavy atom. The van der Waals surface area contributed by atoms with Gasteiger partial charge in [0.25, 0.3) is 0 Å². The summed E-state index contributed by atoms with van der Waals surface area (Å²) in [5.74, 6) is 0.382. The van der Waals surface area contributed by atoms with E-state index in [9.17, 15) is 9.90 Å². The largest absolute Gasteiger partial charge is 0.396 e. The average molecular weight is 286 g/mol. The van der Waals surface area contributed by atoms with Gasteiger partial charge in [-0.1, -0.05) is 0 Å². The van der Waals surface area contributed by atoms with E-state index < -0.39 is 5.60 Å². The van der Waals surface area contributed by atoms with Gasteiger partial charge in [-0.15, -0.1) is 0 Å². The molecule has 19 heavy (non-hydrogen) atoms. The summed E-state index contributed by atoms with van der Waals surface area (Å²) >= 11 is 1.54. The summed E-state index contributed by atoms with van der Waals surface area (Å²) in [5, 5.41) is 16.9. The molecule has 0 aromatic carbocycles. The molecule has 0 aliphatic heterocycles. The molecule has 108 valence electrons. The van der Waals surface area contributed by atoms with Crippen LogP contribution in [0.3, 0.4) is 0 Å². The van der Waals surface area contributed by atoms with Gasteiger partial charge in [0.1, 0.15) is 6.54 Å². The maximum absolute atomic E-state index is 11.8. The van der Waals surface area contributed by atoms with Crippen LogP contribution in [0.4, 0.5) is 5.69 Å². The lowest BCUT2D eigenvalue weighted by Crippen LogP contribution is -2.43. The Bertz CT molecular complexity index is 457. The molecule has 0 aliphatic rings. The number of thioether (sulfide) groups is 1. The first-order valence-electron chi connectivity index (χ1n) is 6.04. The molecular formula is C12H22N4O2S. The van der Waals surface area contributed by atoms with Gasteiger partial charge in [0.2, 0.25) is 5.91 Å². The third-order valence-corrected chi connectivity index (χ3v) is 3.76. The molecule has 6 nitrogen and oxygen atoms in total. The number of aryl methyl sites for hydroxylation is 1. The number of hydrogen-bond donors (Lipinski definition) is 3. The van der Waals surface area contributed by atoms with E-state index in [4.69, 9.17) is 5.73 Å². The molecule has 0 aliphatic carbocycles. The van der Waals surface area contributed by atoms with Crippen molar-refractivity contribution < 1.29 is 9.90 Å². The Morgan fingerprint density at radius 2 is 2.21 bits per heavy atom. The van der Waals surface area contributed by atoms with E-state index in [1.807, 2.05) is 13.2 Å². The Morgan fingerprint density at radius 1 is 1.58 bits per heavy atom. The van der Waals surface area contributed by atoms with Crippen molar-refractivity contribution in [3.8, 4) is 0 Å². The van der Waals surface area contributed by atoms with Crippen LogP contribution < -0.4 is 11.1 Å². The van der Waals surface area contributed by atoms with Crippen LogP contribution in [-0.2, 0) is 11.3 Å². The molecule has 0 fully saturated rings. The van der Waals surface area contributed by atoms with Crippen molar-refractivity contribution in [1.82, 2.24) is 15.1 Å². The molecule has 0 saturated heterocycles. The van der Waals surface area contributed by atoms with Crippen LogP contribution in [0.2, 0.25) is 0 Å². The maximum atomic E-state index is 11.8. The zero-order valence-corrected chi connectivity index (χ0v) is 12.7. The molecule has 4 N–H and O–H groups in total. The third-order valence-electron chi connectivity index (χ3n) is 2.85. The number of nitrogens with zero attached hydrogens (tertiary/aromatic N) is 2. The lowest BCUT2D eigenvalue weighted by atomic mass is 10.1. The van der Waals surface area contributed by atoms with Gasteiger partial charge < -0.3 is 16.2 Å². The standard InChI is InChI=1S/C12H22N4O2S/c1-8-11(13)9(2)16(15-8)5-10(17)14-6-12(3,18)7-19-4/h18H,5-7,13H2,1-4H3,(H,14,17). The zero-order valence-electron chi connectivity index (χ0n) is 11.9. The SMILES string of the molecule is CSCC(C)(O)CNC(=O)Cn1nc(C)c(N)c1C. The molecule has 1 atom stereocenters. The summed E-state index contributed by atoms with van der Waals surface area (Å²) in [6, 6.07) is 0. The first-order chi connectivity index (χ1) is 8.76. The summed E-state index contributed by atoms with van der Waals surface area (Å²) < 4.78 is 1.57. The Hall–Kier alpha value is -1.21. The summed E-state index contributed by atoms with van der Waals surface area (Å²) in [6.45, 7) is 5.66. The molecule has 0 radical (unpaired) electrons. The van der Waals surface area contributed by atoms with Crippen molar-refractivity contribution in [1.29, 1.82) is 0 Å². The van der Waals surface area contributed by atoms with E-state index in [0.717, 1.165) is 11.4 Å². The Balaban J connectivity index is 2.54. The number of anilines is 1. The smallest absolute Gasteiger partial charge is 0.241 e. The fourth-order valence-corrected chi connectivity index (χ4v) is 2.43. The minimum absolute atomic E-state index is 0.110. The van der Waals surface area contributed by atoms with Crippen LogP contribution in [0.1, 0.15) is 18.3 Å². The highest BCUT2D eigenvalue weighted by Crippen LogP contribution is 2.14. The molecule has 1 unspecified atom stereocenters. The van der Waals surface area contributed by atoms with Gasteiger partial charge in [-0.25, -0.2) is 0 Å². The third kappa shape index (κ3) is 4.43. The van der Waals surface area contributed by atoms with Gasteiger partial charge in [0.05, 0.1) is 22.7 Å². The second-order valence-electron chi connectivity index (χ2n) is 4.95. The predicted molar refractivity (Wildman–Crippen MR) is 78.1 cm³/mol. The van der Waals surface area contributed by atoms with E-state index in [-0.39, 0.29) is 19.0 Å². The molecule has 1 heterocycles.